The Kier molecular flexibility index (Phi) is 28.3. The first-order valence-corrected chi connectivity index (χ1v) is 22.3. The predicted molar refractivity (Wildman–Crippen MR) is 212 cm³/mol. The number of carbonyl (C=O) groups is 1. The number of aliphatic hydroxyl groups excluding tert-OH is 8. The van der Waals surface area contributed by atoms with Gasteiger partial charge in [0.2, 0.25) is 5.91 Å². The Balaban J connectivity index is 1.84. The van der Waals surface area contributed by atoms with E-state index in [9.17, 15) is 45.6 Å². The third-order valence-corrected chi connectivity index (χ3v) is 11.3. The van der Waals surface area contributed by atoms with Crippen molar-refractivity contribution in [2.24, 2.45) is 0 Å². The third kappa shape index (κ3) is 19.4. The average Bonchev–Trinajstić information content (AvgIpc) is 3.19. The Morgan fingerprint density at radius 1 is 0.571 bits per heavy atom. The molecule has 12 atom stereocenters. The normalized spacial score (nSPS) is 29.3. The van der Waals surface area contributed by atoms with Crippen LogP contribution >= 0.6 is 0 Å². The topological polar surface area (TPSA) is 228 Å². The summed E-state index contributed by atoms with van der Waals surface area (Å²) in [5.41, 5.74) is 0. The third-order valence-electron chi connectivity index (χ3n) is 11.3. The van der Waals surface area contributed by atoms with Crippen molar-refractivity contribution in [3.8, 4) is 0 Å². The molecule has 14 heteroatoms. The van der Waals surface area contributed by atoms with Crippen LogP contribution in [0.2, 0.25) is 0 Å². The first kappa shape index (κ1) is 51.1. The largest absolute Gasteiger partial charge is 0.394 e. The van der Waals surface area contributed by atoms with E-state index >= 15 is 0 Å². The lowest BCUT2D eigenvalue weighted by Gasteiger charge is -2.46. The predicted octanol–water partition coefficient (Wildman–Crippen LogP) is 3.88. The lowest BCUT2D eigenvalue weighted by molar-refractivity contribution is -0.359. The van der Waals surface area contributed by atoms with Gasteiger partial charge in [0.05, 0.1) is 32.0 Å². The molecule has 1 amide bonds. The van der Waals surface area contributed by atoms with E-state index in [1.54, 1.807) is 0 Å². The second-order valence-electron chi connectivity index (χ2n) is 16.2. The number of hydrogen-bond acceptors (Lipinski definition) is 13. The smallest absolute Gasteiger partial charge is 0.220 e. The van der Waals surface area contributed by atoms with Gasteiger partial charge in [-0.3, -0.25) is 4.79 Å². The SMILES string of the molecule is CCCCCCCCCCCCCCCCCCC(O)C(COC1OC(CO)C(OC2OC(CO)C(O)C(O)C2O)C(O)C1O)NC(=O)CCCCCCCC. The number of hydrogen-bond donors (Lipinski definition) is 9. The van der Waals surface area contributed by atoms with Crippen LogP contribution in [0.1, 0.15) is 168 Å². The molecule has 2 fully saturated rings. The molecule has 0 aliphatic carbocycles. The molecule has 2 aliphatic heterocycles. The highest BCUT2D eigenvalue weighted by molar-refractivity contribution is 5.76. The van der Waals surface area contributed by atoms with Crippen molar-refractivity contribution in [2.75, 3.05) is 19.8 Å². The minimum absolute atomic E-state index is 0.216. The zero-order chi connectivity index (χ0) is 41.1. The number of ether oxygens (including phenoxy) is 4. The number of rotatable bonds is 33. The molecule has 332 valence electrons. The van der Waals surface area contributed by atoms with Crippen molar-refractivity contribution in [3.63, 3.8) is 0 Å². The van der Waals surface area contributed by atoms with Gasteiger partial charge in [0.25, 0.3) is 0 Å². The molecular formula is C42H81NO13. The van der Waals surface area contributed by atoms with Gasteiger partial charge in [0, 0.05) is 6.42 Å². The molecule has 0 saturated carbocycles. The number of carbonyl (C=O) groups excluding carboxylic acids is 1. The lowest BCUT2D eigenvalue weighted by Crippen LogP contribution is -2.65. The summed E-state index contributed by atoms with van der Waals surface area (Å²) in [5.74, 6) is -0.216. The monoisotopic (exact) mass is 808 g/mol. The molecule has 56 heavy (non-hydrogen) atoms. The highest BCUT2D eigenvalue weighted by Crippen LogP contribution is 2.30. The van der Waals surface area contributed by atoms with Gasteiger partial charge in [-0.05, 0) is 12.8 Å². The van der Waals surface area contributed by atoms with Gasteiger partial charge >= 0.3 is 0 Å². The first-order valence-electron chi connectivity index (χ1n) is 22.3. The van der Waals surface area contributed by atoms with E-state index in [-0.39, 0.29) is 12.5 Å². The molecule has 2 heterocycles. The van der Waals surface area contributed by atoms with E-state index in [1.807, 2.05) is 0 Å². The van der Waals surface area contributed by atoms with E-state index < -0.39 is 86.8 Å². The van der Waals surface area contributed by atoms with Crippen LogP contribution in [-0.2, 0) is 23.7 Å². The maximum absolute atomic E-state index is 13.0. The van der Waals surface area contributed by atoms with Gasteiger partial charge in [-0.2, -0.15) is 0 Å². The maximum Gasteiger partial charge on any atom is 0.220 e. The first-order chi connectivity index (χ1) is 27.1. The second-order valence-corrected chi connectivity index (χ2v) is 16.2. The lowest BCUT2D eigenvalue weighted by atomic mass is 9.97. The fraction of sp³-hybridized carbons (Fsp3) is 0.976. The van der Waals surface area contributed by atoms with Crippen molar-refractivity contribution >= 4 is 5.91 Å². The van der Waals surface area contributed by atoms with Crippen LogP contribution in [0, 0.1) is 0 Å². The van der Waals surface area contributed by atoms with E-state index in [0.717, 1.165) is 57.8 Å². The van der Waals surface area contributed by atoms with Crippen LogP contribution in [0.3, 0.4) is 0 Å². The zero-order valence-corrected chi connectivity index (χ0v) is 34.6. The quantitative estimate of drug-likeness (QED) is 0.0430. The summed E-state index contributed by atoms with van der Waals surface area (Å²) in [7, 11) is 0. The molecule has 0 bridgehead atoms. The Morgan fingerprint density at radius 2 is 1.02 bits per heavy atom. The van der Waals surface area contributed by atoms with E-state index in [0.29, 0.717) is 12.8 Å². The molecule has 0 aromatic rings. The number of unbranched alkanes of at least 4 members (excludes halogenated alkanes) is 20. The summed E-state index contributed by atoms with van der Waals surface area (Å²) < 4.78 is 22.6. The highest BCUT2D eigenvalue weighted by atomic mass is 16.7. The number of nitrogens with one attached hydrogen (secondary N) is 1. The second kappa shape index (κ2) is 30.9. The minimum atomic E-state index is -1.78. The maximum atomic E-state index is 13.0. The van der Waals surface area contributed by atoms with Gasteiger partial charge in [-0.25, -0.2) is 0 Å². The van der Waals surface area contributed by atoms with Gasteiger partial charge in [-0.15, -0.1) is 0 Å². The fourth-order valence-corrected chi connectivity index (χ4v) is 7.59. The van der Waals surface area contributed by atoms with Crippen LogP contribution in [0.4, 0.5) is 0 Å². The molecule has 0 aromatic heterocycles. The zero-order valence-electron chi connectivity index (χ0n) is 34.6. The van der Waals surface area contributed by atoms with Crippen molar-refractivity contribution in [1.82, 2.24) is 5.32 Å². The summed E-state index contributed by atoms with van der Waals surface area (Å²) >= 11 is 0. The Hall–Kier alpha value is -1.01. The molecular weight excluding hydrogens is 726 g/mol. The summed E-state index contributed by atoms with van der Waals surface area (Å²) in [6.45, 7) is 2.76. The van der Waals surface area contributed by atoms with E-state index in [4.69, 9.17) is 18.9 Å². The van der Waals surface area contributed by atoms with Gasteiger partial charge in [-0.1, -0.05) is 149 Å². The molecule has 0 aromatic carbocycles. The molecule has 12 unspecified atom stereocenters. The van der Waals surface area contributed by atoms with Crippen LogP contribution in [-0.4, -0.2) is 140 Å². The highest BCUT2D eigenvalue weighted by Gasteiger charge is 2.51. The molecule has 2 aliphatic rings. The average molecular weight is 808 g/mol. The van der Waals surface area contributed by atoms with Gasteiger partial charge in [0.15, 0.2) is 12.6 Å². The van der Waals surface area contributed by atoms with Crippen molar-refractivity contribution < 1.29 is 64.6 Å². The van der Waals surface area contributed by atoms with Crippen molar-refractivity contribution in [2.45, 2.75) is 242 Å². The summed E-state index contributed by atoms with van der Waals surface area (Å²) in [4.78, 5) is 13.0. The van der Waals surface area contributed by atoms with Crippen molar-refractivity contribution in [3.05, 3.63) is 0 Å². The van der Waals surface area contributed by atoms with E-state index in [1.165, 1.54) is 83.5 Å². The Morgan fingerprint density at radius 3 is 1.52 bits per heavy atom. The van der Waals surface area contributed by atoms with Crippen LogP contribution in [0.25, 0.3) is 0 Å². The fourth-order valence-electron chi connectivity index (χ4n) is 7.59. The van der Waals surface area contributed by atoms with Crippen molar-refractivity contribution in [1.29, 1.82) is 0 Å². The van der Waals surface area contributed by atoms with Crippen LogP contribution < -0.4 is 5.32 Å². The number of aliphatic hydroxyl groups is 8. The summed E-state index contributed by atoms with van der Waals surface area (Å²) in [5, 5.41) is 86.3. The van der Waals surface area contributed by atoms with E-state index in [2.05, 4.69) is 19.2 Å². The minimum Gasteiger partial charge on any atom is -0.394 e. The Labute approximate surface area is 336 Å². The summed E-state index contributed by atoms with van der Waals surface area (Å²) in [6.07, 6.45) is 10.1. The molecule has 14 nitrogen and oxygen atoms in total. The molecule has 0 radical (unpaired) electrons. The number of amides is 1. The van der Waals surface area contributed by atoms with Crippen LogP contribution in [0.15, 0.2) is 0 Å². The molecule has 2 saturated heterocycles. The summed E-state index contributed by atoms with van der Waals surface area (Å²) in [6, 6.07) is -0.817. The molecule has 9 N–H and O–H groups in total. The van der Waals surface area contributed by atoms with Gasteiger partial charge in [0.1, 0.15) is 48.8 Å². The molecule has 0 spiro atoms. The van der Waals surface area contributed by atoms with Gasteiger partial charge < -0.3 is 65.1 Å². The molecule has 2 rings (SSSR count). The standard InChI is InChI=1S/C42H81NO13/c1-3-5-7-9-11-12-13-14-15-16-17-18-19-20-21-23-25-31(46)30(43-34(47)26-24-22-10-8-6-4-2)29-53-41-39(52)37(50)40(33(28-45)55-41)56-42-38(51)36(49)35(48)32(27-44)54-42/h30-33,35-42,44-46,48-52H,3-29H2,1-2H3,(H,43,47). The van der Waals surface area contributed by atoms with Crippen LogP contribution in [0.5, 0.6) is 0 Å². The Bertz CT molecular complexity index is 962.